The first kappa shape index (κ1) is 19.4. The highest BCUT2D eigenvalue weighted by Crippen LogP contribution is 2.29. The Morgan fingerprint density at radius 2 is 2.03 bits per heavy atom. The Bertz CT molecular complexity index is 1170. The van der Waals surface area contributed by atoms with Crippen molar-refractivity contribution in [1.82, 2.24) is 25.4 Å². The van der Waals surface area contributed by atoms with E-state index in [1.54, 1.807) is 18.5 Å². The number of carbonyl (C=O) groups is 1. The Kier molecular flexibility index (Phi) is 5.04. The van der Waals surface area contributed by atoms with Gasteiger partial charge in [0.2, 0.25) is 5.82 Å². The largest absolute Gasteiger partial charge is 0.471 e. The van der Waals surface area contributed by atoms with Gasteiger partial charge in [-0.2, -0.15) is 18.2 Å². The van der Waals surface area contributed by atoms with Crippen LogP contribution in [0, 0.1) is 0 Å². The van der Waals surface area contributed by atoms with Crippen LogP contribution in [0.2, 0.25) is 0 Å². The summed E-state index contributed by atoms with van der Waals surface area (Å²) in [6.07, 6.45) is 0.567. The van der Waals surface area contributed by atoms with E-state index in [0.29, 0.717) is 16.8 Å². The zero-order valence-corrected chi connectivity index (χ0v) is 15.0. The van der Waals surface area contributed by atoms with Crippen molar-refractivity contribution < 1.29 is 31.6 Å². The Morgan fingerprint density at radius 3 is 2.77 bits per heavy atom. The molecule has 0 saturated carbocycles. The van der Waals surface area contributed by atoms with Crippen LogP contribution in [0.25, 0.3) is 22.4 Å². The molecule has 0 bridgehead atoms. The van der Waals surface area contributed by atoms with Crippen molar-refractivity contribution in [2.45, 2.75) is 19.3 Å². The summed E-state index contributed by atoms with van der Waals surface area (Å²) in [6, 6.07) is 4.72. The number of furan rings is 1. The number of halogens is 3. The summed E-state index contributed by atoms with van der Waals surface area (Å²) in [6.45, 7) is 0.0117. The third kappa shape index (κ3) is 4.21. The zero-order valence-electron chi connectivity index (χ0n) is 15.0. The van der Waals surface area contributed by atoms with Crippen LogP contribution < -0.4 is 5.32 Å². The number of amides is 1. The van der Waals surface area contributed by atoms with Crippen molar-refractivity contribution >= 4 is 17.1 Å². The molecule has 0 spiro atoms. The number of hydrogen-bond donors (Lipinski definition) is 1. The van der Waals surface area contributed by atoms with Gasteiger partial charge in [-0.3, -0.25) is 9.97 Å². The van der Waals surface area contributed by atoms with Crippen LogP contribution in [0.3, 0.4) is 0 Å². The van der Waals surface area contributed by atoms with Gasteiger partial charge >= 0.3 is 18.2 Å². The molecule has 0 atom stereocenters. The van der Waals surface area contributed by atoms with Crippen molar-refractivity contribution in [2.24, 2.45) is 0 Å². The fourth-order valence-corrected chi connectivity index (χ4v) is 2.53. The van der Waals surface area contributed by atoms with Crippen molar-refractivity contribution in [3.63, 3.8) is 0 Å². The molecule has 0 unspecified atom stereocenters. The maximum Gasteiger partial charge on any atom is 0.471 e. The minimum atomic E-state index is -4.72. The molecule has 4 aromatic rings. The third-order valence-corrected chi connectivity index (χ3v) is 3.96. The molecule has 0 saturated heterocycles. The molecule has 9 nitrogen and oxygen atoms in total. The number of carbonyl (C=O) groups excluding carboxylic acids is 1. The van der Waals surface area contributed by atoms with Gasteiger partial charge in [-0.25, -0.2) is 4.79 Å². The highest BCUT2D eigenvalue weighted by atomic mass is 19.4. The second-order valence-electron chi connectivity index (χ2n) is 6.03. The first-order valence-electron chi connectivity index (χ1n) is 8.47. The molecule has 0 fully saturated rings. The van der Waals surface area contributed by atoms with Gasteiger partial charge in [0.25, 0.3) is 0 Å². The number of nitrogens with zero attached hydrogens (tertiary/aromatic N) is 4. The smallest absolute Gasteiger partial charge is 0.464 e. The lowest BCUT2D eigenvalue weighted by Gasteiger charge is -2.07. The van der Waals surface area contributed by atoms with Gasteiger partial charge in [0.15, 0.2) is 0 Å². The molecule has 0 radical (unpaired) electrons. The van der Waals surface area contributed by atoms with Gasteiger partial charge in [0.1, 0.15) is 12.2 Å². The lowest BCUT2D eigenvalue weighted by Crippen LogP contribution is -2.24. The molecule has 0 aromatic carbocycles. The number of nitrogens with one attached hydrogen (secondary N) is 1. The predicted molar refractivity (Wildman–Crippen MR) is 93.6 cm³/mol. The van der Waals surface area contributed by atoms with Gasteiger partial charge in [-0.1, -0.05) is 5.16 Å². The number of rotatable bonds is 5. The number of fused-ring (bicyclic) bond motifs is 1. The van der Waals surface area contributed by atoms with E-state index in [9.17, 15) is 18.0 Å². The number of aromatic nitrogens is 4. The van der Waals surface area contributed by atoms with Gasteiger partial charge in [0.05, 0.1) is 24.1 Å². The second-order valence-corrected chi connectivity index (χ2v) is 6.03. The topological polar surface area (TPSA) is 116 Å². The Morgan fingerprint density at radius 1 is 1.17 bits per heavy atom. The SMILES string of the molecule is O=C(NCc1ccc(-c2noc(C(F)(F)F)n2)cn1)OCc1cncc2ccoc12. The van der Waals surface area contributed by atoms with Gasteiger partial charge < -0.3 is 19.0 Å². The van der Waals surface area contributed by atoms with Gasteiger partial charge in [0, 0.05) is 29.5 Å². The van der Waals surface area contributed by atoms with E-state index in [4.69, 9.17) is 9.15 Å². The number of alkyl halides is 3. The lowest BCUT2D eigenvalue weighted by atomic mass is 10.2. The normalized spacial score (nSPS) is 11.6. The average Bonchev–Trinajstić information content (AvgIpc) is 3.40. The summed E-state index contributed by atoms with van der Waals surface area (Å²) in [5.74, 6) is -1.68. The number of ether oxygens (including phenoxy) is 1. The van der Waals surface area contributed by atoms with Crippen molar-refractivity contribution in [2.75, 3.05) is 0 Å². The summed E-state index contributed by atoms with van der Waals surface area (Å²) in [5, 5.41) is 6.60. The van der Waals surface area contributed by atoms with Crippen LogP contribution >= 0.6 is 0 Å². The summed E-state index contributed by atoms with van der Waals surface area (Å²) in [7, 11) is 0. The standard InChI is InChI=1S/C18H12F3N5O4/c19-18(20,21)16-25-15(26-30-16)11-1-2-13(23-7-11)8-24-17(27)29-9-12-6-22-5-10-3-4-28-14(10)12/h1-7H,8-9H2,(H,24,27). The van der Waals surface area contributed by atoms with Crippen LogP contribution in [0.1, 0.15) is 17.1 Å². The molecule has 1 amide bonds. The Balaban J connectivity index is 1.31. The molecule has 4 rings (SSSR count). The molecule has 0 aliphatic heterocycles. The maximum atomic E-state index is 12.5. The van der Waals surface area contributed by atoms with Crippen LogP contribution in [0.4, 0.5) is 18.0 Å². The fourth-order valence-electron chi connectivity index (χ4n) is 2.53. The van der Waals surface area contributed by atoms with Crippen LogP contribution in [0.5, 0.6) is 0 Å². The van der Waals surface area contributed by atoms with Crippen LogP contribution in [0.15, 0.2) is 52.0 Å². The molecule has 0 aliphatic rings. The van der Waals surface area contributed by atoms with E-state index in [0.717, 1.165) is 5.39 Å². The average molecular weight is 419 g/mol. The number of pyridine rings is 2. The van der Waals surface area contributed by atoms with E-state index in [1.807, 2.05) is 0 Å². The molecule has 4 aromatic heterocycles. The third-order valence-electron chi connectivity index (χ3n) is 3.96. The first-order chi connectivity index (χ1) is 14.4. The zero-order chi connectivity index (χ0) is 21.1. The quantitative estimate of drug-likeness (QED) is 0.520. The highest BCUT2D eigenvalue weighted by Gasteiger charge is 2.38. The van der Waals surface area contributed by atoms with E-state index >= 15 is 0 Å². The lowest BCUT2D eigenvalue weighted by molar-refractivity contribution is -0.159. The molecular formula is C18H12F3N5O4. The molecule has 1 N–H and O–H groups in total. The van der Waals surface area contributed by atoms with Gasteiger partial charge in [-0.15, -0.1) is 0 Å². The van der Waals surface area contributed by atoms with Crippen molar-refractivity contribution in [3.05, 3.63) is 60.2 Å². The van der Waals surface area contributed by atoms with E-state index in [2.05, 4.69) is 29.9 Å². The molecule has 4 heterocycles. The van der Waals surface area contributed by atoms with E-state index < -0.39 is 18.2 Å². The van der Waals surface area contributed by atoms with Crippen molar-refractivity contribution in [1.29, 1.82) is 0 Å². The highest BCUT2D eigenvalue weighted by molar-refractivity contribution is 5.79. The number of hydrogen-bond acceptors (Lipinski definition) is 8. The van der Waals surface area contributed by atoms with Crippen LogP contribution in [-0.4, -0.2) is 26.2 Å². The van der Waals surface area contributed by atoms with Gasteiger partial charge in [-0.05, 0) is 18.2 Å². The second kappa shape index (κ2) is 7.81. The summed E-state index contributed by atoms with van der Waals surface area (Å²) in [4.78, 5) is 23.3. The Hall–Kier alpha value is -3.96. The van der Waals surface area contributed by atoms with Crippen molar-refractivity contribution in [3.8, 4) is 11.4 Å². The maximum absolute atomic E-state index is 12.5. The minimum absolute atomic E-state index is 0.0323. The molecule has 154 valence electrons. The van der Waals surface area contributed by atoms with Crippen LogP contribution in [-0.2, 0) is 24.1 Å². The Labute approximate surface area is 165 Å². The minimum Gasteiger partial charge on any atom is -0.464 e. The molecule has 12 heteroatoms. The first-order valence-corrected chi connectivity index (χ1v) is 8.47. The predicted octanol–water partition coefficient (Wildman–Crippen LogP) is 3.72. The summed E-state index contributed by atoms with van der Waals surface area (Å²) >= 11 is 0. The molecule has 30 heavy (non-hydrogen) atoms. The monoisotopic (exact) mass is 419 g/mol. The summed E-state index contributed by atoms with van der Waals surface area (Å²) in [5.41, 5.74) is 1.89. The molecular weight excluding hydrogens is 407 g/mol. The fraction of sp³-hybridized carbons (Fsp3) is 0.167. The number of alkyl carbamates (subject to hydrolysis) is 1. The summed E-state index contributed by atoms with van der Waals surface area (Å²) < 4.78 is 52.2. The van der Waals surface area contributed by atoms with E-state index in [-0.39, 0.29) is 24.5 Å². The van der Waals surface area contributed by atoms with E-state index in [1.165, 1.54) is 24.6 Å². The molecule has 0 aliphatic carbocycles.